The van der Waals surface area contributed by atoms with Gasteiger partial charge in [-0.3, -0.25) is 4.79 Å². The predicted molar refractivity (Wildman–Crippen MR) is 145 cm³/mol. The van der Waals surface area contributed by atoms with Crippen LogP contribution in [-0.4, -0.2) is 67.0 Å². The molecular formula is C29H47ClN2O4. The van der Waals surface area contributed by atoms with Crippen LogP contribution in [0.3, 0.4) is 0 Å². The number of nitrogens with one attached hydrogen (secondary N) is 1. The van der Waals surface area contributed by atoms with E-state index in [4.69, 9.17) is 16.3 Å². The van der Waals surface area contributed by atoms with Crippen molar-refractivity contribution in [1.82, 2.24) is 10.2 Å². The Bertz CT molecular complexity index is 816. The first-order chi connectivity index (χ1) is 17.3. The molecule has 1 aliphatic carbocycles. The van der Waals surface area contributed by atoms with Gasteiger partial charge in [0.1, 0.15) is 0 Å². The zero-order valence-electron chi connectivity index (χ0n) is 22.3. The van der Waals surface area contributed by atoms with E-state index in [1.807, 2.05) is 36.2 Å². The lowest BCUT2D eigenvalue weighted by molar-refractivity contribution is -0.138. The summed E-state index contributed by atoms with van der Waals surface area (Å²) in [6, 6.07) is 7.54. The van der Waals surface area contributed by atoms with E-state index in [0.29, 0.717) is 37.4 Å². The molecule has 3 N–H and O–H groups in total. The van der Waals surface area contributed by atoms with E-state index in [9.17, 15) is 15.0 Å². The van der Waals surface area contributed by atoms with Crippen molar-refractivity contribution < 1.29 is 19.7 Å². The summed E-state index contributed by atoms with van der Waals surface area (Å²) < 4.78 is 5.22. The lowest BCUT2D eigenvalue weighted by atomic mass is 9.74. The van der Waals surface area contributed by atoms with E-state index in [1.54, 1.807) is 7.11 Å². The molecule has 1 heterocycles. The molecule has 1 saturated carbocycles. The minimum atomic E-state index is -1.04. The third kappa shape index (κ3) is 8.16. The molecule has 7 heteroatoms. The number of piperidine rings is 1. The molecule has 2 fully saturated rings. The average Bonchev–Trinajstić information content (AvgIpc) is 2.87. The Morgan fingerprint density at radius 2 is 2.06 bits per heavy atom. The number of rotatable bonds is 13. The highest BCUT2D eigenvalue weighted by molar-refractivity contribution is 6.30. The van der Waals surface area contributed by atoms with Crippen LogP contribution in [-0.2, 0) is 15.1 Å². The molecular weight excluding hydrogens is 476 g/mol. The molecule has 0 radical (unpaired) electrons. The summed E-state index contributed by atoms with van der Waals surface area (Å²) in [4.78, 5) is 15.4. The fourth-order valence-electron chi connectivity index (χ4n) is 6.41. The van der Waals surface area contributed by atoms with Crippen molar-refractivity contribution in [3.8, 4) is 0 Å². The Morgan fingerprint density at radius 1 is 1.28 bits per heavy atom. The number of hydrogen-bond acceptors (Lipinski definition) is 5. The molecule has 1 aliphatic heterocycles. The van der Waals surface area contributed by atoms with Gasteiger partial charge in [0.2, 0.25) is 5.91 Å². The summed E-state index contributed by atoms with van der Waals surface area (Å²) >= 11 is 6.31. The zero-order chi connectivity index (χ0) is 26.0. The van der Waals surface area contributed by atoms with Crippen molar-refractivity contribution in [2.45, 2.75) is 88.3 Å². The highest BCUT2D eigenvalue weighted by Crippen LogP contribution is 2.41. The number of carbonyl (C=O) groups excluding carboxylic acids is 1. The van der Waals surface area contributed by atoms with Gasteiger partial charge in [0.15, 0.2) is 0 Å². The van der Waals surface area contributed by atoms with E-state index >= 15 is 0 Å². The summed E-state index contributed by atoms with van der Waals surface area (Å²) in [7, 11) is 3.61. The minimum absolute atomic E-state index is 0.0542. The van der Waals surface area contributed by atoms with Crippen molar-refractivity contribution >= 4 is 17.5 Å². The monoisotopic (exact) mass is 522 g/mol. The smallest absolute Gasteiger partial charge is 0.222 e. The SMILES string of the molecule is CNCC(CC(=O)N1CCC[C@@H]([C@@](O)(CCCCOC)c2cccc(Cl)c2)C1)CC1(O)CCCCC1. The van der Waals surface area contributed by atoms with E-state index in [1.165, 1.54) is 6.42 Å². The Labute approximate surface area is 222 Å². The van der Waals surface area contributed by atoms with Crippen LogP contribution < -0.4 is 5.32 Å². The van der Waals surface area contributed by atoms with Crippen molar-refractivity contribution in [3.05, 3.63) is 34.9 Å². The van der Waals surface area contributed by atoms with E-state index in [0.717, 1.165) is 70.0 Å². The summed E-state index contributed by atoms with van der Waals surface area (Å²) in [6.45, 7) is 2.65. The molecule has 204 valence electrons. The van der Waals surface area contributed by atoms with Crippen LogP contribution >= 0.6 is 11.6 Å². The molecule has 3 rings (SSSR count). The maximum Gasteiger partial charge on any atom is 0.222 e. The molecule has 1 amide bonds. The summed E-state index contributed by atoms with van der Waals surface area (Å²) in [5, 5.41) is 27.0. The van der Waals surface area contributed by atoms with Crippen LogP contribution in [0.1, 0.15) is 82.6 Å². The molecule has 1 unspecified atom stereocenters. The Kier molecular flexibility index (Phi) is 11.5. The van der Waals surface area contributed by atoms with E-state index < -0.39 is 11.2 Å². The van der Waals surface area contributed by atoms with Gasteiger partial charge in [-0.2, -0.15) is 0 Å². The fraction of sp³-hybridized carbons (Fsp3) is 0.759. The first kappa shape index (κ1) is 29.4. The highest BCUT2D eigenvalue weighted by Gasteiger charge is 2.41. The summed E-state index contributed by atoms with van der Waals surface area (Å²) in [6.07, 6.45) is 10.2. The molecule has 0 aromatic heterocycles. The molecule has 2 aliphatic rings. The van der Waals surface area contributed by atoms with Crippen LogP contribution in [0.25, 0.3) is 0 Å². The molecule has 1 aromatic rings. The van der Waals surface area contributed by atoms with Crippen LogP contribution in [0.5, 0.6) is 0 Å². The normalized spacial score (nSPS) is 22.7. The van der Waals surface area contributed by atoms with Gasteiger partial charge in [0.05, 0.1) is 11.2 Å². The third-order valence-electron chi connectivity index (χ3n) is 8.34. The lowest BCUT2D eigenvalue weighted by Gasteiger charge is -2.43. The molecule has 1 saturated heterocycles. The van der Waals surface area contributed by atoms with Crippen molar-refractivity contribution in [3.63, 3.8) is 0 Å². The second-order valence-electron chi connectivity index (χ2n) is 11.2. The largest absolute Gasteiger partial charge is 0.390 e. The second kappa shape index (κ2) is 14.1. The minimum Gasteiger partial charge on any atom is -0.390 e. The number of benzene rings is 1. The lowest BCUT2D eigenvalue weighted by Crippen LogP contribution is -2.49. The number of likely N-dealkylation sites (tertiary alicyclic amines) is 1. The molecule has 0 spiro atoms. The third-order valence-corrected chi connectivity index (χ3v) is 8.57. The molecule has 0 bridgehead atoms. The van der Waals surface area contributed by atoms with Gasteiger partial charge in [-0.1, -0.05) is 43.0 Å². The number of unbranched alkanes of at least 4 members (excludes halogenated alkanes) is 1. The van der Waals surface area contributed by atoms with Gasteiger partial charge in [0, 0.05) is 44.2 Å². The molecule has 3 atom stereocenters. The van der Waals surface area contributed by atoms with E-state index in [-0.39, 0.29) is 17.7 Å². The topological polar surface area (TPSA) is 82.0 Å². The van der Waals surface area contributed by atoms with Gasteiger partial charge in [-0.25, -0.2) is 0 Å². The van der Waals surface area contributed by atoms with Gasteiger partial charge in [-0.15, -0.1) is 0 Å². The predicted octanol–water partition coefficient (Wildman–Crippen LogP) is 4.89. The molecule has 6 nitrogen and oxygen atoms in total. The fourth-order valence-corrected chi connectivity index (χ4v) is 6.60. The van der Waals surface area contributed by atoms with Crippen LogP contribution in [0.15, 0.2) is 24.3 Å². The quantitative estimate of drug-likeness (QED) is 0.321. The Balaban J connectivity index is 1.70. The summed E-state index contributed by atoms with van der Waals surface area (Å²) in [5.41, 5.74) is -0.849. The van der Waals surface area contributed by atoms with Crippen LogP contribution in [0, 0.1) is 11.8 Å². The Morgan fingerprint density at radius 3 is 2.75 bits per heavy atom. The number of carbonyl (C=O) groups is 1. The highest BCUT2D eigenvalue weighted by atomic mass is 35.5. The maximum absolute atomic E-state index is 13.5. The van der Waals surface area contributed by atoms with E-state index in [2.05, 4.69) is 5.32 Å². The maximum atomic E-state index is 13.5. The van der Waals surface area contributed by atoms with Crippen molar-refractivity contribution in [2.24, 2.45) is 11.8 Å². The van der Waals surface area contributed by atoms with Gasteiger partial charge in [-0.05, 0) is 88.6 Å². The van der Waals surface area contributed by atoms with Gasteiger partial charge in [0.25, 0.3) is 0 Å². The molecule has 1 aromatic carbocycles. The number of ether oxygens (including phenoxy) is 1. The van der Waals surface area contributed by atoms with Crippen molar-refractivity contribution in [1.29, 1.82) is 0 Å². The van der Waals surface area contributed by atoms with Gasteiger partial charge >= 0.3 is 0 Å². The van der Waals surface area contributed by atoms with Crippen molar-refractivity contribution in [2.75, 3.05) is 40.4 Å². The first-order valence-electron chi connectivity index (χ1n) is 13.9. The number of halogens is 1. The zero-order valence-corrected chi connectivity index (χ0v) is 23.1. The first-order valence-corrected chi connectivity index (χ1v) is 14.3. The number of methoxy groups -OCH3 is 1. The standard InChI is InChI=1S/C29H47ClN2O4/c1-31-21-23(20-28(34)13-4-3-5-14-28)18-27(33)32-16-9-11-25(22-32)29(35,15-6-7-17-36-2)24-10-8-12-26(30)19-24/h8,10,12,19,23,25,31,34-35H,3-7,9,11,13-18,20-22H2,1-2H3/t23?,25-,29-/m1/s1. The van der Waals surface area contributed by atoms with Crippen LogP contribution in [0.4, 0.5) is 0 Å². The van der Waals surface area contributed by atoms with Gasteiger partial charge < -0.3 is 25.2 Å². The number of hydrogen-bond donors (Lipinski definition) is 3. The van der Waals surface area contributed by atoms with Crippen LogP contribution in [0.2, 0.25) is 5.02 Å². The number of aliphatic hydroxyl groups is 2. The molecule has 36 heavy (non-hydrogen) atoms. The second-order valence-corrected chi connectivity index (χ2v) is 11.6. The summed E-state index contributed by atoms with van der Waals surface area (Å²) in [5.74, 6) is 0.181. The number of amides is 1. The Hall–Kier alpha value is -1.18. The average molecular weight is 523 g/mol. The number of nitrogens with zero attached hydrogens (tertiary/aromatic N) is 1.